The predicted molar refractivity (Wildman–Crippen MR) is 118 cm³/mol. The molecule has 0 aliphatic carbocycles. The zero-order valence-electron chi connectivity index (χ0n) is 18.4. The van der Waals surface area contributed by atoms with Gasteiger partial charge in [0.2, 0.25) is 19.3 Å². The lowest BCUT2D eigenvalue weighted by Gasteiger charge is -2.20. The maximum atomic E-state index is 5.87. The number of hydrogen-bond donors (Lipinski definition) is 0. The van der Waals surface area contributed by atoms with Crippen molar-refractivity contribution in [2.24, 2.45) is 0 Å². The van der Waals surface area contributed by atoms with Crippen molar-refractivity contribution in [3.63, 3.8) is 0 Å². The number of aryl methyl sites for hydroxylation is 3. The van der Waals surface area contributed by atoms with E-state index in [1.54, 1.807) is 0 Å². The molecule has 3 aliphatic rings. The minimum atomic E-state index is 0. The van der Waals surface area contributed by atoms with Crippen molar-refractivity contribution in [3.05, 3.63) is 41.6 Å². The van der Waals surface area contributed by atoms with Gasteiger partial charge >= 0.3 is 0 Å². The summed E-state index contributed by atoms with van der Waals surface area (Å²) >= 11 is 0. The first-order valence-corrected chi connectivity index (χ1v) is 11.5. The second kappa shape index (κ2) is 8.70. The van der Waals surface area contributed by atoms with Crippen molar-refractivity contribution >= 4 is 10.8 Å². The third-order valence-electron chi connectivity index (χ3n) is 6.77. The first kappa shape index (κ1) is 21.2. The number of rotatable bonds is 6. The van der Waals surface area contributed by atoms with E-state index in [2.05, 4.69) is 42.0 Å². The van der Waals surface area contributed by atoms with Crippen LogP contribution in [0.1, 0.15) is 50.2 Å². The van der Waals surface area contributed by atoms with E-state index in [4.69, 9.17) is 18.9 Å². The van der Waals surface area contributed by atoms with Crippen LogP contribution < -0.4 is 35.9 Å². The number of pyridine rings is 1. The Labute approximate surface area is 194 Å². The van der Waals surface area contributed by atoms with Crippen LogP contribution >= 0.6 is 0 Å². The van der Waals surface area contributed by atoms with Crippen LogP contribution in [0, 0.1) is 0 Å². The molecule has 0 amide bonds. The lowest BCUT2D eigenvalue weighted by molar-refractivity contribution is -0.686. The van der Waals surface area contributed by atoms with Gasteiger partial charge in [0.15, 0.2) is 35.7 Å². The molecule has 0 fully saturated rings. The monoisotopic (exact) mass is 453 g/mol. The van der Waals surface area contributed by atoms with Gasteiger partial charge in [-0.3, -0.25) is 0 Å². The van der Waals surface area contributed by atoms with Gasteiger partial charge in [-0.15, -0.1) is 0 Å². The summed E-state index contributed by atoms with van der Waals surface area (Å²) < 4.78 is 25.3. The largest absolute Gasteiger partial charge is 1.00 e. The molecular formula is C26H28ClNO4. The molecule has 168 valence electrons. The summed E-state index contributed by atoms with van der Waals surface area (Å²) in [6, 6.07) is 8.64. The fourth-order valence-electron chi connectivity index (χ4n) is 5.21. The van der Waals surface area contributed by atoms with Crippen molar-refractivity contribution in [2.75, 3.05) is 13.6 Å². The van der Waals surface area contributed by atoms with E-state index in [1.807, 2.05) is 0 Å². The molecule has 0 saturated heterocycles. The molecule has 0 saturated carbocycles. The van der Waals surface area contributed by atoms with Gasteiger partial charge in [-0.05, 0) is 42.7 Å². The van der Waals surface area contributed by atoms with Crippen molar-refractivity contribution in [1.82, 2.24) is 0 Å². The summed E-state index contributed by atoms with van der Waals surface area (Å²) in [5.74, 6) is 3.46. The Kier molecular flexibility index (Phi) is 5.76. The van der Waals surface area contributed by atoms with Gasteiger partial charge < -0.3 is 31.4 Å². The van der Waals surface area contributed by atoms with Gasteiger partial charge in [0.25, 0.3) is 0 Å². The second-order valence-corrected chi connectivity index (χ2v) is 8.69. The Morgan fingerprint density at radius 1 is 0.844 bits per heavy atom. The molecule has 5 nitrogen and oxygen atoms in total. The van der Waals surface area contributed by atoms with Crippen LogP contribution in [-0.4, -0.2) is 13.6 Å². The van der Waals surface area contributed by atoms with Crippen LogP contribution in [0.5, 0.6) is 23.0 Å². The van der Waals surface area contributed by atoms with Crippen LogP contribution in [0.2, 0.25) is 0 Å². The Bertz CT molecular complexity index is 1180. The van der Waals surface area contributed by atoms with E-state index in [1.165, 1.54) is 59.9 Å². The van der Waals surface area contributed by atoms with E-state index in [0.29, 0.717) is 13.6 Å². The number of ether oxygens (including phenoxy) is 4. The summed E-state index contributed by atoms with van der Waals surface area (Å²) in [6.45, 7) is 3.82. The number of aromatic nitrogens is 1. The standard InChI is InChI=1S/C26H28NO4.ClH/c1-2-3-4-5-6-7-19-18-8-9-22-26(31-16-28-22)21(18)14-27-11-10-17-12-23-24(30-15-29-23)13-20(17)25(19)27;/h8-9,12-14H,2-7,10-11,15-16H2,1H3;1H/q+1;/p-1. The van der Waals surface area contributed by atoms with Gasteiger partial charge in [-0.1, -0.05) is 32.6 Å². The van der Waals surface area contributed by atoms with Crippen molar-refractivity contribution in [3.8, 4) is 34.3 Å². The van der Waals surface area contributed by atoms with Crippen LogP contribution in [0.15, 0.2) is 30.5 Å². The Morgan fingerprint density at radius 2 is 1.62 bits per heavy atom. The number of fused-ring (bicyclic) bond motifs is 7. The molecule has 6 rings (SSSR count). The minimum absolute atomic E-state index is 0. The number of nitrogens with zero attached hydrogens (tertiary/aromatic N) is 1. The van der Waals surface area contributed by atoms with Crippen molar-refractivity contribution in [2.45, 2.75) is 58.4 Å². The van der Waals surface area contributed by atoms with Crippen LogP contribution in [0.3, 0.4) is 0 Å². The van der Waals surface area contributed by atoms with Crippen molar-refractivity contribution in [1.29, 1.82) is 0 Å². The van der Waals surface area contributed by atoms with Gasteiger partial charge in [-0.25, -0.2) is 0 Å². The van der Waals surface area contributed by atoms with Gasteiger partial charge in [0, 0.05) is 17.4 Å². The Hall–Kier alpha value is -2.66. The van der Waals surface area contributed by atoms with E-state index in [0.717, 1.165) is 47.8 Å². The fraction of sp³-hybridized carbons (Fsp3) is 0.423. The highest BCUT2D eigenvalue weighted by atomic mass is 35.5. The van der Waals surface area contributed by atoms with Crippen molar-refractivity contribution < 1.29 is 35.9 Å². The van der Waals surface area contributed by atoms with E-state index in [9.17, 15) is 0 Å². The van der Waals surface area contributed by atoms with Gasteiger partial charge in [0.05, 0.1) is 10.9 Å². The quantitative estimate of drug-likeness (QED) is 0.424. The average Bonchev–Trinajstić information content (AvgIpc) is 3.45. The van der Waals surface area contributed by atoms with E-state index >= 15 is 0 Å². The second-order valence-electron chi connectivity index (χ2n) is 8.69. The molecule has 3 aromatic rings. The minimum Gasteiger partial charge on any atom is -1.00 e. The van der Waals surface area contributed by atoms with Gasteiger partial charge in [-0.2, -0.15) is 4.57 Å². The first-order chi connectivity index (χ1) is 15.3. The highest BCUT2D eigenvalue weighted by Gasteiger charge is 2.32. The normalized spacial score (nSPS) is 14.8. The molecule has 2 aromatic carbocycles. The summed E-state index contributed by atoms with van der Waals surface area (Å²) in [5.41, 5.74) is 5.35. The molecule has 3 aliphatic heterocycles. The summed E-state index contributed by atoms with van der Waals surface area (Å²) in [5, 5.41) is 2.43. The van der Waals surface area contributed by atoms with Crippen LogP contribution in [0.4, 0.5) is 0 Å². The first-order valence-electron chi connectivity index (χ1n) is 11.5. The number of hydrogen-bond acceptors (Lipinski definition) is 4. The smallest absolute Gasteiger partial charge is 0.231 e. The number of halogens is 1. The third-order valence-corrected chi connectivity index (χ3v) is 6.77. The highest BCUT2D eigenvalue weighted by Crippen LogP contribution is 2.45. The molecule has 0 radical (unpaired) electrons. The third kappa shape index (κ3) is 3.43. The SMILES string of the molecule is CCCCCCCc1c2[n+](cc3c4c(ccc13)OCO4)CCc1cc3c(cc1-2)OCO3.[Cl-]. The van der Waals surface area contributed by atoms with Crippen LogP contribution in [-0.2, 0) is 19.4 Å². The fourth-order valence-corrected chi connectivity index (χ4v) is 5.21. The maximum Gasteiger partial charge on any atom is 0.231 e. The molecule has 0 atom stereocenters. The molecular weight excluding hydrogens is 426 g/mol. The molecule has 4 heterocycles. The molecule has 0 unspecified atom stereocenters. The molecule has 6 heteroatoms. The Morgan fingerprint density at radius 3 is 2.50 bits per heavy atom. The molecule has 1 aromatic heterocycles. The number of unbranched alkanes of at least 4 members (excludes halogenated alkanes) is 4. The van der Waals surface area contributed by atoms with Crippen LogP contribution in [0.25, 0.3) is 22.0 Å². The molecule has 0 bridgehead atoms. The number of benzene rings is 2. The molecule has 0 N–H and O–H groups in total. The van der Waals surface area contributed by atoms with Gasteiger partial charge in [0.1, 0.15) is 0 Å². The Balaban J connectivity index is 0.00000216. The van der Waals surface area contributed by atoms with E-state index < -0.39 is 0 Å². The predicted octanol–water partition coefficient (Wildman–Crippen LogP) is 2.32. The summed E-state index contributed by atoms with van der Waals surface area (Å²) in [6.07, 6.45) is 10.6. The topological polar surface area (TPSA) is 40.8 Å². The zero-order valence-corrected chi connectivity index (χ0v) is 19.2. The average molecular weight is 454 g/mol. The molecule has 0 spiro atoms. The summed E-state index contributed by atoms with van der Waals surface area (Å²) in [4.78, 5) is 0. The molecule has 32 heavy (non-hydrogen) atoms. The lowest BCUT2D eigenvalue weighted by Crippen LogP contribution is -3.00. The zero-order chi connectivity index (χ0) is 20.8. The maximum absolute atomic E-state index is 5.87. The van der Waals surface area contributed by atoms with E-state index in [-0.39, 0.29) is 12.4 Å². The highest BCUT2D eigenvalue weighted by molar-refractivity contribution is 5.95. The lowest BCUT2D eigenvalue weighted by atomic mass is 9.89. The summed E-state index contributed by atoms with van der Waals surface area (Å²) in [7, 11) is 0.